The zero-order chi connectivity index (χ0) is 10.3. The number of rotatable bonds is 2. The molecule has 0 unspecified atom stereocenters. The average Bonchev–Trinajstić information content (AvgIpc) is 2.28. The van der Waals surface area contributed by atoms with Crippen molar-refractivity contribution in [2.45, 2.75) is 38.8 Å². The first-order valence-electron chi connectivity index (χ1n) is 4.40. The van der Waals surface area contributed by atoms with Gasteiger partial charge >= 0.3 is 0 Å². The minimum absolute atomic E-state index is 0.441. The lowest BCUT2D eigenvalue weighted by Gasteiger charge is -2.17. The summed E-state index contributed by atoms with van der Waals surface area (Å²) in [5.41, 5.74) is 10.9. The van der Waals surface area contributed by atoms with E-state index < -0.39 is 11.1 Å². The molecule has 1 aromatic rings. The Hall–Kier alpha value is -0.800. The van der Waals surface area contributed by atoms with Gasteiger partial charge < -0.3 is 15.9 Å². The van der Waals surface area contributed by atoms with Gasteiger partial charge in [0.05, 0.1) is 11.1 Å². The Morgan fingerprint density at radius 3 is 1.38 bits per heavy atom. The molecule has 0 fully saturated rings. The Bertz CT molecular complexity index is 260. The largest absolute Gasteiger partial charge is 0.462 e. The van der Waals surface area contributed by atoms with Crippen LogP contribution in [-0.2, 0) is 11.1 Å². The SMILES string of the molecule is CC(C)(N)c1ccc(C(C)(C)N)o1. The van der Waals surface area contributed by atoms with Gasteiger partial charge in [0.2, 0.25) is 0 Å². The molecule has 4 N–H and O–H groups in total. The highest BCUT2D eigenvalue weighted by molar-refractivity contribution is 5.17. The first kappa shape index (κ1) is 10.3. The molecule has 0 aliphatic rings. The Kier molecular flexibility index (Phi) is 2.26. The first-order valence-corrected chi connectivity index (χ1v) is 4.40. The summed E-state index contributed by atoms with van der Waals surface area (Å²) in [6.07, 6.45) is 0. The molecule has 0 atom stereocenters. The maximum atomic E-state index is 5.88. The lowest BCUT2D eigenvalue weighted by molar-refractivity contribution is 0.329. The van der Waals surface area contributed by atoms with Crippen LogP contribution in [0, 0.1) is 0 Å². The van der Waals surface area contributed by atoms with Crippen molar-refractivity contribution in [2.75, 3.05) is 0 Å². The predicted octanol–water partition coefficient (Wildman–Crippen LogP) is 1.67. The van der Waals surface area contributed by atoms with E-state index in [-0.39, 0.29) is 0 Å². The molecule has 1 rings (SSSR count). The van der Waals surface area contributed by atoms with Crippen molar-refractivity contribution < 1.29 is 4.42 Å². The second-order valence-corrected chi connectivity index (χ2v) is 4.61. The smallest absolute Gasteiger partial charge is 0.123 e. The van der Waals surface area contributed by atoms with Gasteiger partial charge in [0.1, 0.15) is 11.5 Å². The van der Waals surface area contributed by atoms with Crippen LogP contribution in [0.4, 0.5) is 0 Å². The maximum Gasteiger partial charge on any atom is 0.123 e. The summed E-state index contributed by atoms with van der Waals surface area (Å²) < 4.78 is 5.56. The van der Waals surface area contributed by atoms with E-state index in [0.29, 0.717) is 0 Å². The quantitative estimate of drug-likeness (QED) is 0.731. The Labute approximate surface area is 79.1 Å². The molecule has 0 radical (unpaired) electrons. The van der Waals surface area contributed by atoms with Gasteiger partial charge in [-0.1, -0.05) is 0 Å². The highest BCUT2D eigenvalue weighted by Gasteiger charge is 2.23. The third-order valence-corrected chi connectivity index (χ3v) is 1.88. The molecule has 0 bridgehead atoms. The fourth-order valence-corrected chi connectivity index (χ4v) is 1.03. The number of hydrogen-bond donors (Lipinski definition) is 2. The summed E-state index contributed by atoms with van der Waals surface area (Å²) in [6.45, 7) is 7.61. The van der Waals surface area contributed by atoms with Crippen LogP contribution in [0.3, 0.4) is 0 Å². The number of furan rings is 1. The van der Waals surface area contributed by atoms with Crippen molar-refractivity contribution in [3.8, 4) is 0 Å². The molecule has 0 aliphatic carbocycles. The molecule has 74 valence electrons. The van der Waals surface area contributed by atoms with E-state index in [1.807, 2.05) is 39.8 Å². The van der Waals surface area contributed by atoms with Crippen LogP contribution < -0.4 is 11.5 Å². The summed E-state index contributed by atoms with van der Waals surface area (Å²) in [6, 6.07) is 3.76. The third kappa shape index (κ3) is 2.32. The Morgan fingerprint density at radius 2 is 1.23 bits per heavy atom. The van der Waals surface area contributed by atoms with Crippen LogP contribution in [-0.4, -0.2) is 0 Å². The standard InChI is InChI=1S/C10H18N2O/c1-9(2,11)7-5-6-8(13-7)10(3,4)12/h5-6H,11-12H2,1-4H3. The predicted molar refractivity (Wildman–Crippen MR) is 53.1 cm³/mol. The van der Waals surface area contributed by atoms with E-state index in [1.54, 1.807) is 0 Å². The van der Waals surface area contributed by atoms with E-state index >= 15 is 0 Å². The molecule has 3 nitrogen and oxygen atoms in total. The minimum atomic E-state index is -0.441. The van der Waals surface area contributed by atoms with Crippen molar-refractivity contribution in [3.05, 3.63) is 23.7 Å². The zero-order valence-corrected chi connectivity index (χ0v) is 8.72. The van der Waals surface area contributed by atoms with Gasteiger partial charge in [0, 0.05) is 0 Å². The van der Waals surface area contributed by atoms with E-state index in [2.05, 4.69) is 0 Å². The highest BCUT2D eigenvalue weighted by atomic mass is 16.3. The normalized spacial score (nSPS) is 13.4. The van der Waals surface area contributed by atoms with Crippen LogP contribution in [0.5, 0.6) is 0 Å². The van der Waals surface area contributed by atoms with Crippen molar-refractivity contribution in [3.63, 3.8) is 0 Å². The van der Waals surface area contributed by atoms with Crippen molar-refractivity contribution >= 4 is 0 Å². The molecule has 0 aromatic carbocycles. The van der Waals surface area contributed by atoms with Gasteiger partial charge in [-0.05, 0) is 39.8 Å². The van der Waals surface area contributed by atoms with Gasteiger partial charge in [0.15, 0.2) is 0 Å². The fraction of sp³-hybridized carbons (Fsp3) is 0.600. The van der Waals surface area contributed by atoms with Crippen molar-refractivity contribution in [1.29, 1.82) is 0 Å². The van der Waals surface area contributed by atoms with Crippen LogP contribution in [0.15, 0.2) is 16.5 Å². The van der Waals surface area contributed by atoms with Gasteiger partial charge in [-0.15, -0.1) is 0 Å². The van der Waals surface area contributed by atoms with Crippen LogP contribution in [0.25, 0.3) is 0 Å². The first-order chi connectivity index (χ1) is 5.71. The van der Waals surface area contributed by atoms with Gasteiger partial charge in [-0.2, -0.15) is 0 Å². The molecular weight excluding hydrogens is 164 g/mol. The lowest BCUT2D eigenvalue weighted by Crippen LogP contribution is -2.29. The van der Waals surface area contributed by atoms with Crippen molar-refractivity contribution in [2.24, 2.45) is 11.5 Å². The molecule has 0 amide bonds. The second kappa shape index (κ2) is 2.86. The Morgan fingerprint density at radius 1 is 0.923 bits per heavy atom. The lowest BCUT2D eigenvalue weighted by atomic mass is 10.0. The van der Waals surface area contributed by atoms with Gasteiger partial charge in [0.25, 0.3) is 0 Å². The minimum Gasteiger partial charge on any atom is -0.462 e. The molecule has 3 heteroatoms. The van der Waals surface area contributed by atoms with Gasteiger partial charge in [-0.25, -0.2) is 0 Å². The summed E-state index contributed by atoms with van der Waals surface area (Å²) in [5, 5.41) is 0. The monoisotopic (exact) mass is 182 g/mol. The molecule has 1 heterocycles. The molecule has 0 saturated carbocycles. The summed E-state index contributed by atoms with van der Waals surface area (Å²) in [5.74, 6) is 1.53. The van der Waals surface area contributed by atoms with E-state index in [4.69, 9.17) is 15.9 Å². The van der Waals surface area contributed by atoms with Gasteiger partial charge in [-0.3, -0.25) is 0 Å². The molecule has 1 aromatic heterocycles. The molecular formula is C10H18N2O. The summed E-state index contributed by atoms with van der Waals surface area (Å²) in [7, 11) is 0. The number of nitrogens with two attached hydrogens (primary N) is 2. The molecule has 0 spiro atoms. The topological polar surface area (TPSA) is 65.2 Å². The number of hydrogen-bond acceptors (Lipinski definition) is 3. The second-order valence-electron chi connectivity index (χ2n) is 4.61. The fourth-order valence-electron chi connectivity index (χ4n) is 1.03. The molecule has 0 aliphatic heterocycles. The van der Waals surface area contributed by atoms with E-state index in [9.17, 15) is 0 Å². The maximum absolute atomic E-state index is 5.88. The average molecular weight is 182 g/mol. The zero-order valence-electron chi connectivity index (χ0n) is 8.72. The van der Waals surface area contributed by atoms with Crippen LogP contribution in [0.2, 0.25) is 0 Å². The molecule has 0 saturated heterocycles. The Balaban J connectivity index is 3.01. The highest BCUT2D eigenvalue weighted by Crippen LogP contribution is 2.25. The van der Waals surface area contributed by atoms with E-state index in [1.165, 1.54) is 0 Å². The van der Waals surface area contributed by atoms with Crippen molar-refractivity contribution in [1.82, 2.24) is 0 Å². The van der Waals surface area contributed by atoms with E-state index in [0.717, 1.165) is 11.5 Å². The van der Waals surface area contributed by atoms with Crippen LogP contribution in [0.1, 0.15) is 39.2 Å². The summed E-state index contributed by atoms with van der Waals surface area (Å²) in [4.78, 5) is 0. The summed E-state index contributed by atoms with van der Waals surface area (Å²) >= 11 is 0. The third-order valence-electron chi connectivity index (χ3n) is 1.88. The molecule has 13 heavy (non-hydrogen) atoms. The van der Waals surface area contributed by atoms with Crippen LogP contribution >= 0.6 is 0 Å².